The molecule has 212 valence electrons. The van der Waals surface area contributed by atoms with E-state index in [-0.39, 0.29) is 12.3 Å². The first-order chi connectivity index (χ1) is 19.0. The van der Waals surface area contributed by atoms with Crippen molar-refractivity contribution in [1.29, 1.82) is 0 Å². The molecule has 0 radical (unpaired) electrons. The summed E-state index contributed by atoms with van der Waals surface area (Å²) in [5.41, 5.74) is -0.319. The molecule has 0 amide bonds. The van der Waals surface area contributed by atoms with Gasteiger partial charge < -0.3 is 18.9 Å². The highest BCUT2D eigenvalue weighted by atomic mass is 35.5. The molecule has 0 N–H and O–H groups in total. The molecule has 1 fully saturated rings. The standard InChI is InChI=1S/C25H23Cl2FN4O7S/c1-12(33)36-11-21-23(37-13(2)34)22(32-10-20(30-31-32)19-7-4-15(28)9-29-19)24(38-14(3)35)25(39-21)40-16-5-6-17(26)18(27)8-16/h4-10,21-25H,11H2,1-3H3/t21?,22?,23-,24?,25+/m0/s1. The summed E-state index contributed by atoms with van der Waals surface area (Å²) in [6.07, 6.45) is -0.701. The van der Waals surface area contributed by atoms with Gasteiger partial charge in [0.1, 0.15) is 35.7 Å². The van der Waals surface area contributed by atoms with E-state index in [1.165, 1.54) is 43.8 Å². The zero-order valence-corrected chi connectivity index (χ0v) is 23.7. The number of esters is 3. The molecule has 3 unspecified atom stereocenters. The van der Waals surface area contributed by atoms with Gasteiger partial charge in [-0.2, -0.15) is 0 Å². The molecule has 1 aromatic carbocycles. The number of halogens is 3. The van der Waals surface area contributed by atoms with Crippen molar-refractivity contribution in [3.05, 3.63) is 58.6 Å². The van der Waals surface area contributed by atoms with Gasteiger partial charge in [0.15, 0.2) is 12.2 Å². The molecule has 40 heavy (non-hydrogen) atoms. The van der Waals surface area contributed by atoms with Crippen LogP contribution in [0.3, 0.4) is 0 Å². The Morgan fingerprint density at radius 1 is 1.00 bits per heavy atom. The summed E-state index contributed by atoms with van der Waals surface area (Å²) in [5.74, 6) is -2.41. The van der Waals surface area contributed by atoms with E-state index in [2.05, 4.69) is 15.3 Å². The highest BCUT2D eigenvalue weighted by molar-refractivity contribution is 7.99. The van der Waals surface area contributed by atoms with Gasteiger partial charge in [0, 0.05) is 25.7 Å². The molecule has 3 heterocycles. The number of thioether (sulfide) groups is 1. The van der Waals surface area contributed by atoms with E-state index < -0.39 is 53.5 Å². The topological polar surface area (TPSA) is 132 Å². The summed E-state index contributed by atoms with van der Waals surface area (Å²) in [6, 6.07) is 6.57. The lowest BCUT2D eigenvalue weighted by Gasteiger charge is -2.44. The number of carbonyl (C=O) groups excluding carboxylic acids is 3. The fraction of sp³-hybridized carbons (Fsp3) is 0.360. The molecule has 15 heteroatoms. The summed E-state index contributed by atoms with van der Waals surface area (Å²) < 4.78 is 37.6. The first-order valence-corrected chi connectivity index (χ1v) is 13.4. The van der Waals surface area contributed by atoms with Crippen LogP contribution in [0.15, 0.2) is 47.6 Å². The van der Waals surface area contributed by atoms with Crippen molar-refractivity contribution in [2.45, 2.75) is 55.5 Å². The van der Waals surface area contributed by atoms with E-state index in [4.69, 9.17) is 42.1 Å². The number of carbonyl (C=O) groups is 3. The molecule has 2 aromatic heterocycles. The highest BCUT2D eigenvalue weighted by Gasteiger charge is 2.52. The van der Waals surface area contributed by atoms with E-state index in [0.29, 0.717) is 20.6 Å². The Labute approximate surface area is 242 Å². The molecule has 3 aromatic rings. The molecule has 5 atom stereocenters. The minimum atomic E-state index is -1.14. The Morgan fingerprint density at radius 2 is 1.73 bits per heavy atom. The minimum Gasteiger partial charge on any atom is -0.463 e. The molecule has 1 aliphatic heterocycles. The molecule has 0 aliphatic carbocycles. The van der Waals surface area contributed by atoms with Gasteiger partial charge in [-0.05, 0) is 30.3 Å². The van der Waals surface area contributed by atoms with E-state index in [0.717, 1.165) is 18.0 Å². The zero-order valence-electron chi connectivity index (χ0n) is 21.3. The third-order valence-electron chi connectivity index (χ3n) is 5.62. The van der Waals surface area contributed by atoms with Crippen molar-refractivity contribution in [1.82, 2.24) is 20.0 Å². The number of benzene rings is 1. The second kappa shape index (κ2) is 12.9. The van der Waals surface area contributed by atoms with Crippen LogP contribution < -0.4 is 0 Å². The van der Waals surface area contributed by atoms with Crippen LogP contribution in [0.2, 0.25) is 10.0 Å². The number of aromatic nitrogens is 4. The van der Waals surface area contributed by atoms with Crippen molar-refractivity contribution in [2.24, 2.45) is 0 Å². The number of rotatable bonds is 8. The van der Waals surface area contributed by atoms with Crippen LogP contribution in [0.1, 0.15) is 26.8 Å². The molecule has 1 saturated heterocycles. The van der Waals surface area contributed by atoms with Crippen LogP contribution in [0.25, 0.3) is 11.4 Å². The second-order valence-electron chi connectivity index (χ2n) is 8.62. The monoisotopic (exact) mass is 612 g/mol. The van der Waals surface area contributed by atoms with Crippen LogP contribution in [-0.4, -0.2) is 68.2 Å². The third-order valence-corrected chi connectivity index (χ3v) is 7.50. The maximum Gasteiger partial charge on any atom is 0.303 e. The lowest BCUT2D eigenvalue weighted by Crippen LogP contribution is -2.57. The van der Waals surface area contributed by atoms with Crippen LogP contribution >= 0.6 is 35.0 Å². The Bertz CT molecular complexity index is 1390. The van der Waals surface area contributed by atoms with Crippen molar-refractivity contribution in [2.75, 3.05) is 6.61 Å². The van der Waals surface area contributed by atoms with Crippen molar-refractivity contribution in [3.8, 4) is 11.4 Å². The minimum absolute atomic E-state index is 0.278. The SMILES string of the molecule is CC(=O)OCC1O[C@H](Sc2ccc(Cl)c(Cl)c2)C(OC(C)=O)C(n2cc(-c3ccc(F)cn3)nn2)[C@H]1OC(C)=O. The fourth-order valence-electron chi connectivity index (χ4n) is 4.03. The Hall–Kier alpha value is -3.26. The zero-order chi connectivity index (χ0) is 29.0. The number of pyridine rings is 1. The van der Waals surface area contributed by atoms with Gasteiger partial charge in [0.05, 0.1) is 28.1 Å². The van der Waals surface area contributed by atoms with Gasteiger partial charge in [-0.3, -0.25) is 19.4 Å². The number of hydrogen-bond acceptors (Lipinski definition) is 11. The van der Waals surface area contributed by atoms with Gasteiger partial charge >= 0.3 is 17.9 Å². The number of nitrogens with zero attached hydrogens (tertiary/aromatic N) is 4. The summed E-state index contributed by atoms with van der Waals surface area (Å²) in [6.45, 7) is 3.37. The first-order valence-electron chi connectivity index (χ1n) is 11.8. The van der Waals surface area contributed by atoms with Crippen LogP contribution in [0, 0.1) is 5.82 Å². The average Bonchev–Trinajstić information content (AvgIpc) is 3.36. The third kappa shape index (κ3) is 7.27. The lowest BCUT2D eigenvalue weighted by molar-refractivity contribution is -0.212. The summed E-state index contributed by atoms with van der Waals surface area (Å²) in [4.78, 5) is 40.8. The van der Waals surface area contributed by atoms with Crippen molar-refractivity contribution >= 4 is 52.9 Å². The largest absolute Gasteiger partial charge is 0.463 e. The van der Waals surface area contributed by atoms with Crippen LogP contribution in [-0.2, 0) is 33.3 Å². The molecule has 4 rings (SSSR count). The average molecular weight is 613 g/mol. The Kier molecular flexibility index (Phi) is 9.61. The number of hydrogen-bond donors (Lipinski definition) is 0. The predicted molar refractivity (Wildman–Crippen MR) is 141 cm³/mol. The van der Waals surface area contributed by atoms with Gasteiger partial charge in [-0.1, -0.05) is 40.2 Å². The summed E-state index contributed by atoms with van der Waals surface area (Å²) in [5, 5.41) is 8.96. The summed E-state index contributed by atoms with van der Waals surface area (Å²) >= 11 is 13.4. The first kappa shape index (κ1) is 29.7. The molecule has 0 saturated carbocycles. The van der Waals surface area contributed by atoms with Crippen molar-refractivity contribution < 1.29 is 37.7 Å². The second-order valence-corrected chi connectivity index (χ2v) is 10.6. The van der Waals surface area contributed by atoms with Crippen LogP contribution in [0.5, 0.6) is 0 Å². The van der Waals surface area contributed by atoms with Crippen molar-refractivity contribution in [3.63, 3.8) is 0 Å². The van der Waals surface area contributed by atoms with Crippen LogP contribution in [0.4, 0.5) is 4.39 Å². The fourth-order valence-corrected chi connectivity index (χ4v) is 5.54. The molecular formula is C25H23Cl2FN4O7S. The molecular weight excluding hydrogens is 590 g/mol. The predicted octanol–water partition coefficient (Wildman–Crippen LogP) is 4.27. The van der Waals surface area contributed by atoms with E-state index in [9.17, 15) is 18.8 Å². The van der Waals surface area contributed by atoms with E-state index >= 15 is 0 Å². The molecule has 0 bridgehead atoms. The quantitative estimate of drug-likeness (QED) is 0.267. The highest BCUT2D eigenvalue weighted by Crippen LogP contribution is 2.42. The molecule has 0 spiro atoms. The lowest BCUT2D eigenvalue weighted by atomic mass is 9.96. The Morgan fingerprint density at radius 3 is 2.35 bits per heavy atom. The summed E-state index contributed by atoms with van der Waals surface area (Å²) in [7, 11) is 0. The van der Waals surface area contributed by atoms with Gasteiger partial charge in [0.2, 0.25) is 0 Å². The number of ether oxygens (including phenoxy) is 4. The molecule has 1 aliphatic rings. The van der Waals surface area contributed by atoms with Gasteiger partial charge in [-0.25, -0.2) is 9.07 Å². The maximum atomic E-state index is 13.4. The van der Waals surface area contributed by atoms with E-state index in [1.807, 2.05) is 0 Å². The normalized spacial score (nSPS) is 22.4. The molecule has 11 nitrogen and oxygen atoms in total. The smallest absolute Gasteiger partial charge is 0.303 e. The van der Waals surface area contributed by atoms with E-state index in [1.54, 1.807) is 18.2 Å². The van der Waals surface area contributed by atoms with Gasteiger partial charge in [0.25, 0.3) is 0 Å². The van der Waals surface area contributed by atoms with Gasteiger partial charge in [-0.15, -0.1) is 5.10 Å². The maximum absolute atomic E-state index is 13.4. The Balaban J connectivity index is 1.79.